The van der Waals surface area contributed by atoms with Crippen molar-refractivity contribution in [3.63, 3.8) is 0 Å². The summed E-state index contributed by atoms with van der Waals surface area (Å²) in [5.41, 5.74) is 1.08. The van der Waals surface area contributed by atoms with Crippen molar-refractivity contribution >= 4 is 0 Å². The summed E-state index contributed by atoms with van der Waals surface area (Å²) in [5.74, 6) is 0.493. The second kappa shape index (κ2) is 7.44. The van der Waals surface area contributed by atoms with E-state index in [0.717, 1.165) is 12.1 Å². The lowest BCUT2D eigenvalue weighted by Gasteiger charge is -2.22. The van der Waals surface area contributed by atoms with Crippen LogP contribution in [-0.2, 0) is 6.42 Å². The Morgan fingerprint density at radius 3 is 2.33 bits per heavy atom. The van der Waals surface area contributed by atoms with Crippen LogP contribution in [-0.4, -0.2) is 21.0 Å². The Morgan fingerprint density at radius 2 is 1.62 bits per heavy atom. The molecule has 21 heavy (non-hydrogen) atoms. The number of aliphatic hydroxyl groups is 1. The maximum Gasteiger partial charge on any atom is 0.0650 e. The van der Waals surface area contributed by atoms with Crippen LogP contribution in [0.15, 0.2) is 12.3 Å². The van der Waals surface area contributed by atoms with E-state index < -0.39 is 0 Å². The Bertz CT molecular complexity index is 415. The number of hydrogen-bond acceptors (Lipinski definition) is 2. The number of hydrogen-bond donors (Lipinski definition) is 1. The highest BCUT2D eigenvalue weighted by atomic mass is 16.3. The molecule has 1 aromatic rings. The predicted molar refractivity (Wildman–Crippen MR) is 85.3 cm³/mol. The van der Waals surface area contributed by atoms with Crippen LogP contribution in [0.4, 0.5) is 0 Å². The second-order valence-electron chi connectivity index (χ2n) is 7.10. The quantitative estimate of drug-likeness (QED) is 0.841. The summed E-state index contributed by atoms with van der Waals surface area (Å²) in [6.45, 7) is 0. The van der Waals surface area contributed by atoms with Gasteiger partial charge in [-0.2, -0.15) is 5.10 Å². The molecule has 0 spiro atoms. The van der Waals surface area contributed by atoms with E-state index in [2.05, 4.69) is 16.9 Å². The second-order valence-corrected chi connectivity index (χ2v) is 7.10. The van der Waals surface area contributed by atoms with E-state index >= 15 is 0 Å². The van der Waals surface area contributed by atoms with Gasteiger partial charge in [-0.3, -0.25) is 4.68 Å². The van der Waals surface area contributed by atoms with E-state index in [0.29, 0.717) is 12.0 Å². The van der Waals surface area contributed by atoms with Gasteiger partial charge in [0.05, 0.1) is 17.8 Å². The molecule has 118 valence electrons. The van der Waals surface area contributed by atoms with Crippen molar-refractivity contribution in [2.24, 2.45) is 5.92 Å². The minimum Gasteiger partial charge on any atom is -0.392 e. The maximum atomic E-state index is 10.5. The summed E-state index contributed by atoms with van der Waals surface area (Å²) in [6.07, 6.45) is 16.9. The number of aliphatic hydroxyl groups excluding tert-OH is 1. The molecule has 3 heteroatoms. The van der Waals surface area contributed by atoms with Crippen molar-refractivity contribution < 1.29 is 5.11 Å². The summed E-state index contributed by atoms with van der Waals surface area (Å²) in [4.78, 5) is 0. The lowest BCUT2D eigenvalue weighted by atomic mass is 9.91. The Balaban J connectivity index is 1.55. The zero-order valence-electron chi connectivity index (χ0n) is 13.2. The maximum absolute atomic E-state index is 10.5. The van der Waals surface area contributed by atoms with Crippen LogP contribution >= 0.6 is 0 Å². The normalized spacial score (nSPS) is 23.9. The Hall–Kier alpha value is -0.830. The molecule has 1 N–H and O–H groups in total. The lowest BCUT2D eigenvalue weighted by molar-refractivity contribution is 0.0974. The van der Waals surface area contributed by atoms with Crippen molar-refractivity contribution in [1.29, 1.82) is 0 Å². The van der Waals surface area contributed by atoms with Gasteiger partial charge in [0.2, 0.25) is 0 Å². The average Bonchev–Trinajstić information content (AvgIpc) is 2.81. The van der Waals surface area contributed by atoms with E-state index in [1.165, 1.54) is 70.6 Å². The first-order valence-corrected chi connectivity index (χ1v) is 9.05. The first-order valence-electron chi connectivity index (χ1n) is 9.05. The molecule has 2 saturated carbocycles. The van der Waals surface area contributed by atoms with Crippen molar-refractivity contribution in [2.75, 3.05) is 0 Å². The zero-order chi connectivity index (χ0) is 14.5. The first-order chi connectivity index (χ1) is 10.3. The minimum absolute atomic E-state index is 0.196. The highest BCUT2D eigenvalue weighted by Crippen LogP contribution is 2.29. The summed E-state index contributed by atoms with van der Waals surface area (Å²) < 4.78 is 2.16. The Kier molecular flexibility index (Phi) is 5.34. The standard InChI is InChI=1S/C18H30N2O/c21-18(15-8-4-1-2-5-9-15)14-16-12-13-20(19-16)17-10-6-3-7-11-17/h12-13,15,17-18,21H,1-11,14H2. The molecule has 0 radical (unpaired) electrons. The van der Waals surface area contributed by atoms with Crippen molar-refractivity contribution in [3.05, 3.63) is 18.0 Å². The fraction of sp³-hybridized carbons (Fsp3) is 0.833. The van der Waals surface area contributed by atoms with Gasteiger partial charge in [-0.15, -0.1) is 0 Å². The number of nitrogens with zero attached hydrogens (tertiary/aromatic N) is 2. The fourth-order valence-electron chi connectivity index (χ4n) is 4.11. The van der Waals surface area contributed by atoms with Gasteiger partial charge in [-0.1, -0.05) is 44.9 Å². The molecule has 1 heterocycles. The summed E-state index contributed by atoms with van der Waals surface area (Å²) in [6, 6.07) is 2.72. The zero-order valence-corrected chi connectivity index (χ0v) is 13.2. The monoisotopic (exact) mass is 290 g/mol. The van der Waals surface area contributed by atoms with Crippen LogP contribution in [0, 0.1) is 5.92 Å². The molecule has 1 unspecified atom stereocenters. The highest BCUT2D eigenvalue weighted by Gasteiger charge is 2.22. The topological polar surface area (TPSA) is 38.0 Å². The van der Waals surface area contributed by atoms with E-state index in [1.807, 2.05) is 0 Å². The van der Waals surface area contributed by atoms with Crippen LogP contribution in [0.2, 0.25) is 0 Å². The minimum atomic E-state index is -0.196. The molecule has 3 nitrogen and oxygen atoms in total. The molecule has 1 atom stereocenters. The highest BCUT2D eigenvalue weighted by molar-refractivity contribution is 5.02. The van der Waals surface area contributed by atoms with Gasteiger partial charge in [-0.25, -0.2) is 0 Å². The summed E-state index contributed by atoms with van der Waals surface area (Å²) in [5, 5.41) is 15.3. The molecule has 2 aliphatic carbocycles. The average molecular weight is 290 g/mol. The van der Waals surface area contributed by atoms with Crippen molar-refractivity contribution in [2.45, 2.75) is 89.2 Å². The van der Waals surface area contributed by atoms with Crippen molar-refractivity contribution in [3.8, 4) is 0 Å². The molecular formula is C18H30N2O. The van der Waals surface area contributed by atoms with Crippen LogP contribution in [0.1, 0.15) is 82.4 Å². The predicted octanol–water partition coefficient (Wildman–Crippen LogP) is 4.26. The van der Waals surface area contributed by atoms with Gasteiger partial charge in [0.25, 0.3) is 0 Å². The van der Waals surface area contributed by atoms with E-state index in [1.54, 1.807) is 0 Å². The van der Waals surface area contributed by atoms with E-state index in [-0.39, 0.29) is 6.10 Å². The molecule has 1 aromatic heterocycles. The molecule has 3 rings (SSSR count). The smallest absolute Gasteiger partial charge is 0.0650 e. The summed E-state index contributed by atoms with van der Waals surface area (Å²) in [7, 11) is 0. The largest absolute Gasteiger partial charge is 0.392 e. The fourth-order valence-corrected chi connectivity index (χ4v) is 4.11. The third kappa shape index (κ3) is 4.09. The van der Waals surface area contributed by atoms with Crippen LogP contribution < -0.4 is 0 Å². The molecule has 0 bridgehead atoms. The lowest BCUT2D eigenvalue weighted by Crippen LogP contribution is -2.23. The molecule has 2 fully saturated rings. The molecule has 2 aliphatic rings. The van der Waals surface area contributed by atoms with E-state index in [9.17, 15) is 5.11 Å². The number of aromatic nitrogens is 2. The summed E-state index contributed by atoms with van der Waals surface area (Å²) >= 11 is 0. The third-order valence-corrected chi connectivity index (χ3v) is 5.47. The van der Waals surface area contributed by atoms with Crippen molar-refractivity contribution in [1.82, 2.24) is 9.78 Å². The van der Waals surface area contributed by atoms with Crippen LogP contribution in [0.3, 0.4) is 0 Å². The number of rotatable bonds is 4. The molecule has 0 aliphatic heterocycles. The van der Waals surface area contributed by atoms with Gasteiger partial charge >= 0.3 is 0 Å². The van der Waals surface area contributed by atoms with E-state index in [4.69, 9.17) is 5.10 Å². The van der Waals surface area contributed by atoms with Gasteiger partial charge in [-0.05, 0) is 37.7 Å². The van der Waals surface area contributed by atoms with Gasteiger partial charge < -0.3 is 5.11 Å². The van der Waals surface area contributed by atoms with Crippen LogP contribution in [0.5, 0.6) is 0 Å². The molecule has 0 amide bonds. The molecule has 0 aromatic carbocycles. The van der Waals surface area contributed by atoms with Gasteiger partial charge in [0, 0.05) is 12.6 Å². The Morgan fingerprint density at radius 1 is 1.00 bits per heavy atom. The first kappa shape index (κ1) is 15.1. The van der Waals surface area contributed by atoms with Gasteiger partial charge in [0.1, 0.15) is 0 Å². The molecule has 0 saturated heterocycles. The van der Waals surface area contributed by atoms with Crippen LogP contribution in [0.25, 0.3) is 0 Å². The third-order valence-electron chi connectivity index (χ3n) is 5.47. The SMILES string of the molecule is OC(Cc1ccn(C2CCCCC2)n1)C1CCCCCC1. The Labute approximate surface area is 128 Å². The molecular weight excluding hydrogens is 260 g/mol. The van der Waals surface area contributed by atoms with Gasteiger partial charge in [0.15, 0.2) is 0 Å².